The van der Waals surface area contributed by atoms with E-state index in [0.717, 1.165) is 11.3 Å². The minimum Gasteiger partial charge on any atom is -0.497 e. The highest BCUT2D eigenvalue weighted by Crippen LogP contribution is 2.17. The van der Waals surface area contributed by atoms with Gasteiger partial charge in [-0.05, 0) is 48.4 Å². The van der Waals surface area contributed by atoms with Gasteiger partial charge < -0.3 is 19.5 Å². The molecule has 0 atom stereocenters. The fourth-order valence-electron chi connectivity index (χ4n) is 2.19. The normalized spacial score (nSPS) is 10.1. The second-order valence-electron chi connectivity index (χ2n) is 5.66. The summed E-state index contributed by atoms with van der Waals surface area (Å²) in [6, 6.07) is 14.4. The summed E-state index contributed by atoms with van der Waals surface area (Å²) in [5.74, 6) is 0.525. The molecule has 2 aromatic carbocycles. The number of amides is 1. The van der Waals surface area contributed by atoms with E-state index in [1.807, 2.05) is 12.1 Å². The SMILES string of the molecule is COc1ccc(OCCC(=O)OCC(=O)NCCc2ccc(Cl)cc2)cc1. The monoisotopic (exact) mass is 391 g/mol. The second-order valence-corrected chi connectivity index (χ2v) is 6.10. The molecule has 0 aliphatic rings. The number of rotatable bonds is 10. The van der Waals surface area contributed by atoms with Gasteiger partial charge in [0, 0.05) is 11.6 Å². The predicted octanol–water partition coefficient (Wildman–Crippen LogP) is 3.02. The van der Waals surface area contributed by atoms with Gasteiger partial charge in [0.2, 0.25) is 0 Å². The lowest BCUT2D eigenvalue weighted by atomic mass is 10.1. The molecule has 0 aliphatic heterocycles. The molecular weight excluding hydrogens is 370 g/mol. The number of carbonyl (C=O) groups excluding carboxylic acids is 2. The molecule has 0 aromatic heterocycles. The summed E-state index contributed by atoms with van der Waals surface area (Å²) in [7, 11) is 1.58. The number of hydrogen-bond donors (Lipinski definition) is 1. The minimum absolute atomic E-state index is 0.0596. The number of ether oxygens (including phenoxy) is 3. The minimum atomic E-state index is -0.489. The first kappa shape index (κ1) is 20.6. The van der Waals surface area contributed by atoms with Gasteiger partial charge in [0.05, 0.1) is 20.1 Å². The Kier molecular flexibility index (Phi) is 8.45. The number of methoxy groups -OCH3 is 1. The number of esters is 1. The van der Waals surface area contributed by atoms with Crippen LogP contribution in [0.1, 0.15) is 12.0 Å². The number of halogens is 1. The topological polar surface area (TPSA) is 73.9 Å². The summed E-state index contributed by atoms with van der Waals surface area (Å²) in [6.07, 6.45) is 0.733. The summed E-state index contributed by atoms with van der Waals surface area (Å²) in [6.45, 7) is 0.323. The van der Waals surface area contributed by atoms with Gasteiger partial charge in [0.25, 0.3) is 5.91 Å². The smallest absolute Gasteiger partial charge is 0.309 e. The van der Waals surface area contributed by atoms with E-state index in [-0.39, 0.29) is 25.5 Å². The highest BCUT2D eigenvalue weighted by molar-refractivity contribution is 6.30. The van der Waals surface area contributed by atoms with Gasteiger partial charge in [0.1, 0.15) is 11.5 Å². The van der Waals surface area contributed by atoms with Crippen molar-refractivity contribution in [3.63, 3.8) is 0 Å². The van der Waals surface area contributed by atoms with Gasteiger partial charge >= 0.3 is 5.97 Å². The van der Waals surface area contributed by atoms with Crippen molar-refractivity contribution in [2.24, 2.45) is 0 Å². The van der Waals surface area contributed by atoms with Crippen LogP contribution in [0.3, 0.4) is 0 Å². The average molecular weight is 392 g/mol. The Morgan fingerprint density at radius 1 is 1.00 bits per heavy atom. The highest BCUT2D eigenvalue weighted by atomic mass is 35.5. The van der Waals surface area contributed by atoms with Crippen molar-refractivity contribution >= 4 is 23.5 Å². The molecule has 7 heteroatoms. The van der Waals surface area contributed by atoms with E-state index in [0.29, 0.717) is 23.7 Å². The average Bonchev–Trinajstić information content (AvgIpc) is 2.68. The van der Waals surface area contributed by atoms with Crippen molar-refractivity contribution in [1.82, 2.24) is 5.32 Å². The molecule has 27 heavy (non-hydrogen) atoms. The number of carbonyl (C=O) groups is 2. The molecule has 1 N–H and O–H groups in total. The molecule has 0 spiro atoms. The Hall–Kier alpha value is -2.73. The fourth-order valence-corrected chi connectivity index (χ4v) is 2.32. The largest absolute Gasteiger partial charge is 0.497 e. The Morgan fingerprint density at radius 2 is 1.67 bits per heavy atom. The standard InChI is InChI=1S/C20H22ClNO5/c1-25-17-6-8-18(9-7-17)26-13-11-20(24)27-14-19(23)22-12-10-15-2-4-16(21)5-3-15/h2-9H,10-14H2,1H3,(H,22,23). The van der Waals surface area contributed by atoms with Gasteiger partial charge in [0.15, 0.2) is 6.61 Å². The zero-order valence-electron chi connectivity index (χ0n) is 15.1. The van der Waals surface area contributed by atoms with Crippen LogP contribution in [0.4, 0.5) is 0 Å². The molecule has 0 unspecified atom stereocenters. The zero-order chi connectivity index (χ0) is 19.5. The van der Waals surface area contributed by atoms with Gasteiger partial charge in [-0.3, -0.25) is 9.59 Å². The van der Waals surface area contributed by atoms with Crippen molar-refractivity contribution in [3.8, 4) is 11.5 Å². The Labute approximate surface area is 163 Å². The van der Waals surface area contributed by atoms with E-state index in [1.165, 1.54) is 0 Å². The van der Waals surface area contributed by atoms with Crippen molar-refractivity contribution in [2.45, 2.75) is 12.8 Å². The van der Waals surface area contributed by atoms with Crippen LogP contribution in [0.5, 0.6) is 11.5 Å². The maximum absolute atomic E-state index is 11.7. The van der Waals surface area contributed by atoms with Gasteiger partial charge in [-0.2, -0.15) is 0 Å². The molecule has 2 rings (SSSR count). The van der Waals surface area contributed by atoms with Crippen LogP contribution in [-0.2, 0) is 20.7 Å². The van der Waals surface area contributed by atoms with Crippen LogP contribution >= 0.6 is 11.6 Å². The zero-order valence-corrected chi connectivity index (χ0v) is 15.8. The molecule has 0 saturated heterocycles. The second kappa shape index (κ2) is 11.1. The van der Waals surface area contributed by atoms with E-state index < -0.39 is 5.97 Å². The van der Waals surface area contributed by atoms with Crippen LogP contribution in [0, 0.1) is 0 Å². The van der Waals surface area contributed by atoms with Gasteiger partial charge in [-0.1, -0.05) is 23.7 Å². The maximum Gasteiger partial charge on any atom is 0.309 e. The lowest BCUT2D eigenvalue weighted by Crippen LogP contribution is -2.30. The molecule has 6 nitrogen and oxygen atoms in total. The van der Waals surface area contributed by atoms with E-state index >= 15 is 0 Å². The van der Waals surface area contributed by atoms with Crippen LogP contribution < -0.4 is 14.8 Å². The third-order valence-electron chi connectivity index (χ3n) is 3.65. The lowest BCUT2D eigenvalue weighted by molar-refractivity contribution is -0.149. The van der Waals surface area contributed by atoms with Crippen LogP contribution in [-0.4, -0.2) is 38.7 Å². The Morgan fingerprint density at radius 3 is 2.33 bits per heavy atom. The van der Waals surface area contributed by atoms with Crippen LogP contribution in [0.15, 0.2) is 48.5 Å². The summed E-state index contributed by atoms with van der Waals surface area (Å²) in [5.41, 5.74) is 1.06. The lowest BCUT2D eigenvalue weighted by Gasteiger charge is -2.08. The number of hydrogen-bond acceptors (Lipinski definition) is 5. The van der Waals surface area contributed by atoms with Crippen molar-refractivity contribution < 1.29 is 23.8 Å². The number of nitrogens with one attached hydrogen (secondary N) is 1. The molecule has 1 amide bonds. The van der Waals surface area contributed by atoms with E-state index in [4.69, 9.17) is 25.8 Å². The summed E-state index contributed by atoms with van der Waals surface area (Å²) < 4.78 is 15.4. The van der Waals surface area contributed by atoms with E-state index in [2.05, 4.69) is 5.32 Å². The third kappa shape index (κ3) is 8.00. The van der Waals surface area contributed by atoms with Crippen molar-refractivity contribution in [2.75, 3.05) is 26.9 Å². The third-order valence-corrected chi connectivity index (χ3v) is 3.90. The summed E-state index contributed by atoms with van der Waals surface area (Å²) in [4.78, 5) is 23.3. The molecule has 0 radical (unpaired) electrons. The highest BCUT2D eigenvalue weighted by Gasteiger charge is 2.08. The quantitative estimate of drug-likeness (QED) is 0.630. The molecule has 0 heterocycles. The van der Waals surface area contributed by atoms with Gasteiger partial charge in [-0.25, -0.2) is 0 Å². The van der Waals surface area contributed by atoms with E-state index in [1.54, 1.807) is 43.5 Å². The first-order valence-electron chi connectivity index (χ1n) is 8.50. The first-order valence-corrected chi connectivity index (χ1v) is 8.88. The summed E-state index contributed by atoms with van der Waals surface area (Å²) in [5, 5.41) is 3.37. The molecule has 144 valence electrons. The molecule has 2 aromatic rings. The summed E-state index contributed by atoms with van der Waals surface area (Å²) >= 11 is 5.82. The Balaban J connectivity index is 1.56. The molecule has 0 aliphatic carbocycles. The van der Waals surface area contributed by atoms with Crippen molar-refractivity contribution in [1.29, 1.82) is 0 Å². The van der Waals surface area contributed by atoms with Gasteiger partial charge in [-0.15, -0.1) is 0 Å². The number of benzene rings is 2. The predicted molar refractivity (Wildman–Crippen MR) is 102 cm³/mol. The Bertz CT molecular complexity index is 731. The molecule has 0 bridgehead atoms. The molecule has 0 saturated carbocycles. The van der Waals surface area contributed by atoms with Crippen molar-refractivity contribution in [3.05, 3.63) is 59.1 Å². The molecular formula is C20H22ClNO5. The first-order chi connectivity index (χ1) is 13.1. The van der Waals surface area contributed by atoms with E-state index in [9.17, 15) is 9.59 Å². The van der Waals surface area contributed by atoms with Crippen LogP contribution in [0.2, 0.25) is 5.02 Å². The van der Waals surface area contributed by atoms with Crippen LogP contribution in [0.25, 0.3) is 0 Å². The maximum atomic E-state index is 11.7. The molecule has 0 fully saturated rings. The fraction of sp³-hybridized carbons (Fsp3) is 0.300.